The van der Waals surface area contributed by atoms with Crippen LogP contribution >= 0.6 is 11.3 Å². The van der Waals surface area contributed by atoms with Gasteiger partial charge in [-0.2, -0.15) is 0 Å². The Hall–Kier alpha value is -4.04. The predicted molar refractivity (Wildman–Crippen MR) is 136 cm³/mol. The van der Waals surface area contributed by atoms with Crippen molar-refractivity contribution in [3.05, 3.63) is 39.8 Å². The van der Waals surface area contributed by atoms with Gasteiger partial charge in [0.25, 0.3) is 0 Å². The highest BCUT2D eigenvalue weighted by molar-refractivity contribution is 7.09. The first-order valence-electron chi connectivity index (χ1n) is 12.1. The number of nitrogens with zero attached hydrogens (tertiary/aromatic N) is 1. The normalized spacial score (nSPS) is 22.1. The van der Waals surface area contributed by atoms with E-state index in [0.29, 0.717) is 5.69 Å². The molecule has 5 atom stereocenters. The molecular weight excluding hydrogens is 550 g/mol. The summed E-state index contributed by atoms with van der Waals surface area (Å²) in [5.74, 6) is -3.77. The van der Waals surface area contributed by atoms with Crippen molar-refractivity contribution in [3.63, 3.8) is 0 Å². The molecule has 0 radical (unpaired) electrons. The van der Waals surface area contributed by atoms with Gasteiger partial charge in [-0.05, 0) is 19.1 Å². The van der Waals surface area contributed by atoms with Crippen molar-refractivity contribution in [3.8, 4) is 11.5 Å². The number of hydrogen-bond acceptors (Lipinski definition) is 14. The fourth-order valence-corrected chi connectivity index (χ4v) is 4.60. The summed E-state index contributed by atoms with van der Waals surface area (Å²) in [7, 11) is 0. The van der Waals surface area contributed by atoms with Crippen LogP contribution in [0.1, 0.15) is 48.8 Å². The Morgan fingerprint density at radius 1 is 0.925 bits per heavy atom. The highest BCUT2D eigenvalue weighted by atomic mass is 32.1. The molecule has 216 valence electrons. The molecule has 0 unspecified atom stereocenters. The number of aromatic nitrogens is 1. The van der Waals surface area contributed by atoms with Gasteiger partial charge in [0.2, 0.25) is 12.4 Å². The SMILES string of the molecule is CC(=O)OC[C@H]1O[C@@H](Oc2ccc(C(=O)Cc3csc(C)n3)c(O)c2)[C@H](OC(C)=O)[C@@H](OC(C)=O)[C@@H]1OC(C)=O. The topological polar surface area (TPSA) is 174 Å². The van der Waals surface area contributed by atoms with E-state index in [0.717, 1.165) is 38.8 Å². The minimum atomic E-state index is -1.49. The molecule has 0 spiro atoms. The molecule has 0 aliphatic carbocycles. The monoisotopic (exact) mass is 579 g/mol. The molecule has 1 aromatic heterocycles. The zero-order valence-corrected chi connectivity index (χ0v) is 23.2. The second-order valence-electron chi connectivity index (χ2n) is 8.82. The van der Waals surface area contributed by atoms with Crippen molar-refractivity contribution >= 4 is 41.0 Å². The molecule has 0 saturated carbocycles. The Bertz CT molecular complexity index is 1270. The van der Waals surface area contributed by atoms with Gasteiger partial charge in [-0.1, -0.05) is 0 Å². The second-order valence-corrected chi connectivity index (χ2v) is 9.88. The van der Waals surface area contributed by atoms with Gasteiger partial charge in [0.15, 0.2) is 18.0 Å². The maximum Gasteiger partial charge on any atom is 0.303 e. The molecule has 13 nitrogen and oxygen atoms in total. The summed E-state index contributed by atoms with van der Waals surface area (Å²) >= 11 is 1.40. The Morgan fingerprint density at radius 3 is 2.10 bits per heavy atom. The number of carbonyl (C=O) groups is 5. The van der Waals surface area contributed by atoms with Crippen molar-refractivity contribution in [1.29, 1.82) is 0 Å². The number of Topliss-reactive ketones (excluding diaryl/α,β-unsaturated/α-hetero) is 1. The first-order valence-corrected chi connectivity index (χ1v) is 13.0. The number of rotatable bonds is 10. The van der Waals surface area contributed by atoms with E-state index in [1.165, 1.54) is 23.5 Å². The number of aromatic hydroxyl groups is 1. The third-order valence-electron chi connectivity index (χ3n) is 5.48. The Labute approximate surface area is 233 Å². The van der Waals surface area contributed by atoms with Gasteiger partial charge >= 0.3 is 23.9 Å². The molecule has 2 heterocycles. The van der Waals surface area contributed by atoms with Crippen LogP contribution in [0.15, 0.2) is 23.6 Å². The molecule has 0 bridgehead atoms. The van der Waals surface area contributed by atoms with Crippen LogP contribution in [0.5, 0.6) is 11.5 Å². The van der Waals surface area contributed by atoms with E-state index < -0.39 is 61.2 Å². The van der Waals surface area contributed by atoms with E-state index in [2.05, 4.69) is 4.98 Å². The van der Waals surface area contributed by atoms with Gasteiger partial charge in [-0.25, -0.2) is 4.98 Å². The highest BCUT2D eigenvalue weighted by Crippen LogP contribution is 2.33. The smallest absolute Gasteiger partial charge is 0.303 e. The van der Waals surface area contributed by atoms with E-state index in [-0.39, 0.29) is 29.3 Å². The van der Waals surface area contributed by atoms with Crippen molar-refractivity contribution in [2.24, 2.45) is 0 Å². The average Bonchev–Trinajstić information content (AvgIpc) is 3.25. The fourth-order valence-electron chi connectivity index (χ4n) is 3.99. The lowest BCUT2D eigenvalue weighted by atomic mass is 9.98. The maximum atomic E-state index is 12.7. The summed E-state index contributed by atoms with van der Waals surface area (Å²) in [5.41, 5.74) is 0.601. The van der Waals surface area contributed by atoms with Gasteiger partial charge in [0, 0.05) is 39.1 Å². The minimum Gasteiger partial charge on any atom is -0.507 e. The largest absolute Gasteiger partial charge is 0.507 e. The van der Waals surface area contributed by atoms with Crippen LogP contribution < -0.4 is 4.74 Å². The van der Waals surface area contributed by atoms with Crippen LogP contribution in [0.4, 0.5) is 0 Å². The molecular formula is C26H29NO12S. The van der Waals surface area contributed by atoms with E-state index in [1.807, 2.05) is 6.92 Å². The predicted octanol–water partition coefficient (Wildman–Crippen LogP) is 2.04. The summed E-state index contributed by atoms with van der Waals surface area (Å²) in [5, 5.41) is 13.1. The molecule has 1 saturated heterocycles. The summed E-state index contributed by atoms with van der Waals surface area (Å²) in [4.78, 5) is 64.2. The lowest BCUT2D eigenvalue weighted by molar-refractivity contribution is -0.288. The zero-order chi connectivity index (χ0) is 29.6. The third-order valence-corrected chi connectivity index (χ3v) is 6.30. The molecule has 40 heavy (non-hydrogen) atoms. The number of carbonyl (C=O) groups excluding carboxylic acids is 5. The van der Waals surface area contributed by atoms with Crippen LogP contribution in [0.25, 0.3) is 0 Å². The van der Waals surface area contributed by atoms with Gasteiger partial charge in [-0.3, -0.25) is 24.0 Å². The Kier molecular flexibility index (Phi) is 10.2. The summed E-state index contributed by atoms with van der Waals surface area (Å²) in [6.07, 6.45) is -6.91. The molecule has 1 fully saturated rings. The maximum absolute atomic E-state index is 12.7. The number of hydrogen-bond donors (Lipinski definition) is 1. The second kappa shape index (κ2) is 13.3. The van der Waals surface area contributed by atoms with Crippen molar-refractivity contribution < 1.29 is 57.5 Å². The number of phenols is 1. The number of benzene rings is 1. The summed E-state index contributed by atoms with van der Waals surface area (Å²) in [6.45, 7) is 5.86. The third kappa shape index (κ3) is 8.23. The lowest BCUT2D eigenvalue weighted by Crippen LogP contribution is -2.63. The van der Waals surface area contributed by atoms with Gasteiger partial charge in [0.1, 0.15) is 24.2 Å². The minimum absolute atomic E-state index is 0.000507. The first-order chi connectivity index (χ1) is 18.8. The molecule has 14 heteroatoms. The first kappa shape index (κ1) is 30.5. The van der Waals surface area contributed by atoms with E-state index in [9.17, 15) is 29.1 Å². The lowest BCUT2D eigenvalue weighted by Gasteiger charge is -2.43. The summed E-state index contributed by atoms with van der Waals surface area (Å²) in [6, 6.07) is 3.89. The van der Waals surface area contributed by atoms with Crippen LogP contribution in [-0.2, 0) is 49.3 Å². The van der Waals surface area contributed by atoms with Gasteiger partial charge in [-0.15, -0.1) is 11.3 Å². The molecule has 1 aliphatic rings. The van der Waals surface area contributed by atoms with E-state index >= 15 is 0 Å². The number of esters is 4. The molecule has 3 rings (SSSR count). The number of ketones is 1. The van der Waals surface area contributed by atoms with E-state index in [1.54, 1.807) is 5.38 Å². The van der Waals surface area contributed by atoms with Crippen molar-refractivity contribution in [1.82, 2.24) is 4.98 Å². The number of thiazole rings is 1. The Morgan fingerprint density at radius 2 is 1.55 bits per heavy atom. The Balaban J connectivity index is 1.91. The molecule has 2 aromatic rings. The van der Waals surface area contributed by atoms with Crippen molar-refractivity contribution in [2.75, 3.05) is 6.61 Å². The highest BCUT2D eigenvalue weighted by Gasteiger charge is 2.53. The van der Waals surface area contributed by atoms with Crippen LogP contribution in [0, 0.1) is 6.92 Å². The van der Waals surface area contributed by atoms with Gasteiger partial charge in [0.05, 0.1) is 22.7 Å². The number of aryl methyl sites for hydroxylation is 1. The van der Waals surface area contributed by atoms with Crippen LogP contribution in [0.2, 0.25) is 0 Å². The van der Waals surface area contributed by atoms with Crippen molar-refractivity contribution in [2.45, 2.75) is 71.7 Å². The quantitative estimate of drug-likeness (QED) is 0.246. The number of ether oxygens (including phenoxy) is 6. The van der Waals surface area contributed by atoms with Gasteiger partial charge < -0.3 is 33.5 Å². The standard InChI is InChI=1S/C26H29NO12S/c1-12-27-17(11-40-12)8-20(32)19-7-6-18(9-21(19)33)38-26-25(37-16(5)31)24(36-15(4)30)23(35-14(3)29)22(39-26)10-34-13(2)28/h6-7,9,11,22-26,33H,8,10H2,1-5H3/t22-,23-,24+,25-,26-/m1/s1. The van der Waals surface area contributed by atoms with E-state index in [4.69, 9.17) is 28.4 Å². The molecule has 0 amide bonds. The fraction of sp³-hybridized carbons (Fsp3) is 0.462. The molecule has 1 aliphatic heterocycles. The zero-order valence-electron chi connectivity index (χ0n) is 22.4. The molecule has 1 N–H and O–H groups in total. The average molecular weight is 580 g/mol. The molecule has 1 aromatic carbocycles. The van der Waals surface area contributed by atoms with Crippen LogP contribution in [-0.4, -0.2) is 77.1 Å². The number of phenolic OH excluding ortho intramolecular Hbond substituents is 1. The summed E-state index contributed by atoms with van der Waals surface area (Å²) < 4.78 is 32.8. The van der Waals surface area contributed by atoms with Crippen LogP contribution in [0.3, 0.4) is 0 Å².